The van der Waals surface area contributed by atoms with Gasteiger partial charge < -0.3 is 4.90 Å². The van der Waals surface area contributed by atoms with Crippen LogP contribution in [0.3, 0.4) is 0 Å². The Bertz CT molecular complexity index is 861. The van der Waals surface area contributed by atoms with Crippen LogP contribution in [0.1, 0.15) is 45.2 Å². The Hall–Kier alpha value is -2.50. The van der Waals surface area contributed by atoms with Crippen molar-refractivity contribution in [3.63, 3.8) is 0 Å². The summed E-state index contributed by atoms with van der Waals surface area (Å²) in [5.74, 6) is 0.00490. The van der Waals surface area contributed by atoms with Gasteiger partial charge >= 0.3 is 0 Å². The molecule has 27 heavy (non-hydrogen) atoms. The molecule has 0 aliphatic carbocycles. The topological polar surface area (TPSA) is 55.2 Å². The van der Waals surface area contributed by atoms with Crippen molar-refractivity contribution < 1.29 is 9.18 Å². The molecule has 1 aromatic heterocycles. The molecule has 144 valence electrons. The van der Waals surface area contributed by atoms with Crippen molar-refractivity contribution >= 4 is 5.91 Å². The maximum absolute atomic E-state index is 13.3. The number of likely N-dealkylation sites (tertiary alicyclic amines) is 1. The van der Waals surface area contributed by atoms with E-state index in [2.05, 4.69) is 11.9 Å². The van der Waals surface area contributed by atoms with Crippen LogP contribution in [0.4, 0.5) is 4.39 Å². The maximum Gasteiger partial charge on any atom is 0.254 e. The Kier molecular flexibility index (Phi) is 6.04. The van der Waals surface area contributed by atoms with E-state index in [-0.39, 0.29) is 29.9 Å². The highest BCUT2D eigenvalue weighted by atomic mass is 19.1. The molecule has 1 aromatic carbocycles. The number of aryl methyl sites for hydroxylation is 1. The first kappa shape index (κ1) is 19.3. The lowest BCUT2D eigenvalue weighted by atomic mass is 10.00. The molecule has 1 aliphatic rings. The number of benzene rings is 1. The van der Waals surface area contributed by atoms with Crippen LogP contribution in [-0.4, -0.2) is 32.9 Å². The molecule has 1 saturated heterocycles. The number of aromatic nitrogens is 2. The summed E-state index contributed by atoms with van der Waals surface area (Å²) < 4.78 is 14.7. The normalized spacial score (nSPS) is 17.1. The third-order valence-corrected chi connectivity index (χ3v) is 5.24. The van der Waals surface area contributed by atoms with Gasteiger partial charge in [-0.25, -0.2) is 9.37 Å². The van der Waals surface area contributed by atoms with E-state index in [1.807, 2.05) is 11.8 Å². The van der Waals surface area contributed by atoms with Crippen molar-refractivity contribution in [3.05, 3.63) is 52.2 Å². The number of hydrogen-bond donors (Lipinski definition) is 0. The van der Waals surface area contributed by atoms with Crippen LogP contribution in [0.25, 0.3) is 11.4 Å². The molecule has 0 radical (unpaired) electrons. The van der Waals surface area contributed by atoms with Crippen molar-refractivity contribution in [2.75, 3.05) is 6.54 Å². The number of halogens is 1. The van der Waals surface area contributed by atoms with Crippen LogP contribution in [0.15, 0.2) is 35.1 Å². The van der Waals surface area contributed by atoms with Crippen LogP contribution in [0, 0.1) is 5.82 Å². The Labute approximate surface area is 158 Å². The summed E-state index contributed by atoms with van der Waals surface area (Å²) in [4.78, 5) is 32.1. The molecule has 2 heterocycles. The fourth-order valence-electron chi connectivity index (χ4n) is 3.69. The Balaban J connectivity index is 1.97. The van der Waals surface area contributed by atoms with Crippen LogP contribution < -0.4 is 5.56 Å². The van der Waals surface area contributed by atoms with E-state index in [9.17, 15) is 14.0 Å². The van der Waals surface area contributed by atoms with Gasteiger partial charge in [0.2, 0.25) is 5.91 Å². The van der Waals surface area contributed by atoms with E-state index in [1.54, 1.807) is 12.1 Å². The fourth-order valence-corrected chi connectivity index (χ4v) is 3.69. The summed E-state index contributed by atoms with van der Waals surface area (Å²) in [5.41, 5.74) is 1.04. The summed E-state index contributed by atoms with van der Waals surface area (Å²) in [7, 11) is 0. The SMILES string of the molecule is CCc1cc(=O)n(CC(=O)N2CCCC[C@@H]2CC)c(-c2ccc(F)cc2)n1. The smallest absolute Gasteiger partial charge is 0.254 e. The van der Waals surface area contributed by atoms with Crippen molar-refractivity contribution in [2.45, 2.75) is 58.5 Å². The van der Waals surface area contributed by atoms with Gasteiger partial charge in [-0.3, -0.25) is 14.2 Å². The summed E-state index contributed by atoms with van der Waals surface area (Å²) in [6, 6.07) is 7.57. The quantitative estimate of drug-likeness (QED) is 0.809. The zero-order valence-electron chi connectivity index (χ0n) is 15.9. The van der Waals surface area contributed by atoms with Crippen LogP contribution >= 0.6 is 0 Å². The molecule has 1 atom stereocenters. The Morgan fingerprint density at radius 1 is 1.22 bits per heavy atom. The Morgan fingerprint density at radius 3 is 2.63 bits per heavy atom. The van der Waals surface area contributed by atoms with E-state index >= 15 is 0 Å². The molecule has 0 spiro atoms. The number of hydrogen-bond acceptors (Lipinski definition) is 3. The van der Waals surface area contributed by atoms with Crippen molar-refractivity contribution in [2.24, 2.45) is 0 Å². The van der Waals surface area contributed by atoms with Gasteiger partial charge in [0.1, 0.15) is 18.2 Å². The summed E-state index contributed by atoms with van der Waals surface area (Å²) in [6.45, 7) is 4.70. The average molecular weight is 371 g/mol. The monoisotopic (exact) mass is 371 g/mol. The van der Waals surface area contributed by atoms with Crippen LogP contribution in [0.5, 0.6) is 0 Å². The molecule has 1 fully saturated rings. The number of rotatable bonds is 5. The third kappa shape index (κ3) is 4.26. The van der Waals surface area contributed by atoms with E-state index in [0.29, 0.717) is 23.5 Å². The molecular formula is C21H26FN3O2. The summed E-state index contributed by atoms with van der Waals surface area (Å²) in [6.07, 6.45) is 4.67. The molecule has 5 nitrogen and oxygen atoms in total. The molecule has 3 rings (SSSR count). The molecule has 1 aliphatic heterocycles. The second-order valence-corrected chi connectivity index (χ2v) is 7.00. The molecule has 2 aromatic rings. The van der Waals surface area contributed by atoms with E-state index < -0.39 is 0 Å². The average Bonchev–Trinajstić information content (AvgIpc) is 2.69. The van der Waals surface area contributed by atoms with Gasteiger partial charge in [-0.2, -0.15) is 0 Å². The van der Waals surface area contributed by atoms with Crippen molar-refractivity contribution in [1.82, 2.24) is 14.5 Å². The van der Waals surface area contributed by atoms with E-state index in [4.69, 9.17) is 0 Å². The van der Waals surface area contributed by atoms with Gasteiger partial charge in [0.25, 0.3) is 5.56 Å². The second kappa shape index (κ2) is 8.46. The molecular weight excluding hydrogens is 345 g/mol. The van der Waals surface area contributed by atoms with E-state index in [1.165, 1.54) is 22.8 Å². The number of carbonyl (C=O) groups excluding carboxylic acids is 1. The minimum absolute atomic E-state index is 0.0426. The zero-order chi connectivity index (χ0) is 19.4. The number of amides is 1. The first-order valence-electron chi connectivity index (χ1n) is 9.69. The maximum atomic E-state index is 13.3. The predicted molar refractivity (Wildman–Crippen MR) is 103 cm³/mol. The van der Waals surface area contributed by atoms with Crippen LogP contribution in [-0.2, 0) is 17.8 Å². The van der Waals surface area contributed by atoms with Crippen LogP contribution in [0.2, 0.25) is 0 Å². The highest BCUT2D eigenvalue weighted by Crippen LogP contribution is 2.21. The highest BCUT2D eigenvalue weighted by molar-refractivity contribution is 5.77. The minimum Gasteiger partial charge on any atom is -0.338 e. The Morgan fingerprint density at radius 2 is 1.96 bits per heavy atom. The van der Waals surface area contributed by atoms with Crippen molar-refractivity contribution in [1.29, 1.82) is 0 Å². The third-order valence-electron chi connectivity index (χ3n) is 5.24. The van der Waals surface area contributed by atoms with E-state index in [0.717, 1.165) is 32.2 Å². The molecule has 0 bridgehead atoms. The summed E-state index contributed by atoms with van der Waals surface area (Å²) >= 11 is 0. The molecule has 0 unspecified atom stereocenters. The number of nitrogens with zero attached hydrogens (tertiary/aromatic N) is 3. The standard InChI is InChI=1S/C21H26FN3O2/c1-3-17-13-19(26)25(21(23-17)15-8-10-16(22)11-9-15)14-20(27)24-12-6-5-7-18(24)4-2/h8-11,13,18H,3-7,12,14H2,1-2H3/t18-/m0/s1. The first-order chi connectivity index (χ1) is 13.0. The lowest BCUT2D eigenvalue weighted by Crippen LogP contribution is -2.46. The number of piperidine rings is 1. The summed E-state index contributed by atoms with van der Waals surface area (Å²) in [5, 5.41) is 0. The van der Waals surface area contributed by atoms with Gasteiger partial charge in [0.05, 0.1) is 0 Å². The van der Waals surface area contributed by atoms with Gasteiger partial charge in [-0.15, -0.1) is 0 Å². The molecule has 1 amide bonds. The largest absolute Gasteiger partial charge is 0.338 e. The van der Waals surface area contributed by atoms with Gasteiger partial charge in [-0.1, -0.05) is 13.8 Å². The molecule has 0 saturated carbocycles. The first-order valence-corrected chi connectivity index (χ1v) is 9.69. The van der Waals surface area contributed by atoms with Crippen molar-refractivity contribution in [3.8, 4) is 11.4 Å². The number of carbonyl (C=O) groups is 1. The molecule has 6 heteroatoms. The zero-order valence-corrected chi connectivity index (χ0v) is 15.9. The highest BCUT2D eigenvalue weighted by Gasteiger charge is 2.26. The second-order valence-electron chi connectivity index (χ2n) is 7.00. The minimum atomic E-state index is -0.352. The lowest BCUT2D eigenvalue weighted by molar-refractivity contribution is -0.135. The van der Waals surface area contributed by atoms with Gasteiger partial charge in [0, 0.05) is 29.9 Å². The lowest BCUT2D eigenvalue weighted by Gasteiger charge is -2.35. The van der Waals surface area contributed by atoms with Gasteiger partial charge in [-0.05, 0) is 56.4 Å². The fraction of sp³-hybridized carbons (Fsp3) is 0.476. The predicted octanol–water partition coefficient (Wildman–Crippen LogP) is 3.40. The van der Waals surface area contributed by atoms with Gasteiger partial charge in [0.15, 0.2) is 0 Å². The molecule has 0 N–H and O–H groups in total.